The lowest BCUT2D eigenvalue weighted by Crippen LogP contribution is -2.24. The summed E-state index contributed by atoms with van der Waals surface area (Å²) in [5.41, 5.74) is 12.0. The van der Waals surface area contributed by atoms with Crippen molar-refractivity contribution < 1.29 is 0 Å². The summed E-state index contributed by atoms with van der Waals surface area (Å²) >= 11 is 6.38. The summed E-state index contributed by atoms with van der Waals surface area (Å²) in [7, 11) is 0. The Morgan fingerprint density at radius 2 is 1.45 bits per heavy atom. The molecule has 3 aliphatic rings. The van der Waals surface area contributed by atoms with Gasteiger partial charge in [0.15, 0.2) is 0 Å². The van der Waals surface area contributed by atoms with Gasteiger partial charge in [-0.2, -0.15) is 0 Å². The molecule has 0 saturated heterocycles. The molecule has 2 unspecified atom stereocenters. The molecule has 0 aliphatic heterocycles. The van der Waals surface area contributed by atoms with Gasteiger partial charge in [-0.1, -0.05) is 73.6 Å². The lowest BCUT2D eigenvalue weighted by Gasteiger charge is -2.36. The Hall–Kier alpha value is -3.11. The third-order valence-corrected chi connectivity index (χ3v) is 10.5. The molecule has 0 spiro atoms. The second-order valence-electron chi connectivity index (χ2n) is 13.6. The second-order valence-corrected chi connectivity index (χ2v) is 14.0. The molecule has 4 nitrogen and oxygen atoms in total. The van der Waals surface area contributed by atoms with Gasteiger partial charge in [0.1, 0.15) is 0 Å². The number of fused-ring (bicyclic) bond motifs is 7. The van der Waals surface area contributed by atoms with E-state index in [4.69, 9.17) is 21.6 Å². The summed E-state index contributed by atoms with van der Waals surface area (Å²) in [6.45, 7) is 4.38. The lowest BCUT2D eigenvalue weighted by molar-refractivity contribution is 0.433. The first-order valence-corrected chi connectivity index (χ1v) is 17.7. The fraction of sp³-hybridized carbons (Fsp3) is 0.487. The van der Waals surface area contributed by atoms with Gasteiger partial charge < -0.3 is 10.6 Å². The monoisotopic (exact) mass is 606 g/mol. The van der Waals surface area contributed by atoms with Crippen LogP contribution >= 0.6 is 11.6 Å². The Labute approximate surface area is 268 Å². The molecule has 0 radical (unpaired) electrons. The molecule has 2 bridgehead atoms. The zero-order chi connectivity index (χ0) is 29.9. The number of para-hydroxylation sites is 1. The van der Waals surface area contributed by atoms with Gasteiger partial charge in [0.25, 0.3) is 0 Å². The number of allylic oxidation sites excluding steroid dienone is 2. The number of benzene rings is 2. The molecule has 0 amide bonds. The van der Waals surface area contributed by atoms with E-state index in [2.05, 4.69) is 54.0 Å². The van der Waals surface area contributed by atoms with Crippen molar-refractivity contribution in [1.29, 1.82) is 0 Å². The van der Waals surface area contributed by atoms with Gasteiger partial charge in [-0.25, -0.2) is 0 Å². The van der Waals surface area contributed by atoms with Crippen molar-refractivity contribution in [3.63, 3.8) is 0 Å². The molecule has 4 aromatic rings. The van der Waals surface area contributed by atoms with Crippen molar-refractivity contribution >= 4 is 44.8 Å². The van der Waals surface area contributed by atoms with E-state index in [1.54, 1.807) is 5.57 Å². The number of unbranched alkanes of at least 4 members (excludes halogenated alkanes) is 6. The number of pyridine rings is 2. The molecular formula is C39H47ClN4. The number of aromatic nitrogens is 2. The van der Waals surface area contributed by atoms with E-state index in [0.29, 0.717) is 11.8 Å². The summed E-state index contributed by atoms with van der Waals surface area (Å²) in [5.74, 6) is 1.22. The van der Waals surface area contributed by atoms with Crippen molar-refractivity contribution in [2.24, 2.45) is 5.92 Å². The average molecular weight is 607 g/mol. The number of hydrogen-bond donors (Lipinski definition) is 2. The van der Waals surface area contributed by atoms with Crippen molar-refractivity contribution in [2.75, 3.05) is 23.7 Å². The van der Waals surface area contributed by atoms with Gasteiger partial charge in [0, 0.05) is 57.2 Å². The minimum atomic E-state index is 0.584. The summed E-state index contributed by atoms with van der Waals surface area (Å²) in [4.78, 5) is 10.1. The molecule has 2 N–H and O–H groups in total. The Balaban J connectivity index is 0.870. The first-order valence-electron chi connectivity index (χ1n) is 17.3. The normalized spacial score (nSPS) is 19.0. The highest BCUT2D eigenvalue weighted by molar-refractivity contribution is 6.31. The molecule has 230 valence electrons. The second kappa shape index (κ2) is 13.5. The van der Waals surface area contributed by atoms with Gasteiger partial charge >= 0.3 is 0 Å². The Morgan fingerprint density at radius 1 is 0.750 bits per heavy atom. The van der Waals surface area contributed by atoms with Crippen molar-refractivity contribution in [3.8, 4) is 0 Å². The van der Waals surface area contributed by atoms with E-state index in [1.165, 1.54) is 109 Å². The Morgan fingerprint density at radius 3 is 2.30 bits per heavy atom. The van der Waals surface area contributed by atoms with E-state index >= 15 is 0 Å². The van der Waals surface area contributed by atoms with E-state index in [9.17, 15) is 0 Å². The minimum Gasteiger partial charge on any atom is -0.384 e. The van der Waals surface area contributed by atoms with Gasteiger partial charge in [0.2, 0.25) is 0 Å². The van der Waals surface area contributed by atoms with Gasteiger partial charge in [-0.3, -0.25) is 9.97 Å². The van der Waals surface area contributed by atoms with Crippen LogP contribution in [0.3, 0.4) is 0 Å². The maximum Gasteiger partial charge on any atom is 0.0741 e. The number of anilines is 2. The van der Waals surface area contributed by atoms with Crippen LogP contribution in [-0.2, 0) is 19.3 Å². The average Bonchev–Trinajstić information content (AvgIpc) is 3.02. The third kappa shape index (κ3) is 6.33. The molecule has 2 aromatic carbocycles. The molecule has 0 fully saturated rings. The van der Waals surface area contributed by atoms with E-state index in [-0.39, 0.29) is 0 Å². The van der Waals surface area contributed by atoms with Crippen LogP contribution in [0.15, 0.2) is 54.1 Å². The van der Waals surface area contributed by atoms with Crippen LogP contribution in [0.1, 0.15) is 106 Å². The van der Waals surface area contributed by atoms with E-state index in [0.717, 1.165) is 54.8 Å². The SMILES string of the molecule is CC1=CC2Cc3nc4cc(Cl)ccc4c(NCCCCCCCCCNc4c5c(nc6ccccc46)CCCC5)c3C(C1)C2. The van der Waals surface area contributed by atoms with Gasteiger partial charge in [-0.05, 0) is 106 Å². The smallest absolute Gasteiger partial charge is 0.0741 e. The van der Waals surface area contributed by atoms with Crippen LogP contribution in [0, 0.1) is 5.92 Å². The quantitative estimate of drug-likeness (QED) is 0.124. The van der Waals surface area contributed by atoms with Crippen LogP contribution in [0.5, 0.6) is 0 Å². The predicted molar refractivity (Wildman–Crippen MR) is 187 cm³/mol. The summed E-state index contributed by atoms with van der Waals surface area (Å²) in [6.07, 6.45) is 19.8. The van der Waals surface area contributed by atoms with Crippen LogP contribution in [-0.4, -0.2) is 23.1 Å². The molecule has 5 heteroatoms. The highest BCUT2D eigenvalue weighted by Crippen LogP contribution is 2.47. The molecule has 44 heavy (non-hydrogen) atoms. The molecule has 3 aliphatic carbocycles. The molecule has 7 rings (SSSR count). The number of rotatable bonds is 12. The molecular weight excluding hydrogens is 560 g/mol. The van der Waals surface area contributed by atoms with E-state index < -0.39 is 0 Å². The number of hydrogen-bond acceptors (Lipinski definition) is 4. The minimum absolute atomic E-state index is 0.584. The molecule has 2 heterocycles. The summed E-state index contributed by atoms with van der Waals surface area (Å²) in [5, 5.41) is 11.0. The van der Waals surface area contributed by atoms with Crippen molar-refractivity contribution in [2.45, 2.75) is 103 Å². The van der Waals surface area contributed by atoms with Crippen LogP contribution in [0.2, 0.25) is 5.02 Å². The van der Waals surface area contributed by atoms with Crippen molar-refractivity contribution in [1.82, 2.24) is 9.97 Å². The number of nitrogens with one attached hydrogen (secondary N) is 2. The van der Waals surface area contributed by atoms with Crippen molar-refractivity contribution in [3.05, 3.63) is 81.7 Å². The molecule has 2 aromatic heterocycles. The third-order valence-electron chi connectivity index (χ3n) is 10.2. The maximum absolute atomic E-state index is 6.38. The first kappa shape index (κ1) is 29.6. The summed E-state index contributed by atoms with van der Waals surface area (Å²) in [6, 6.07) is 14.9. The standard InChI is InChI=1S/C39H47ClN4/c1-26-21-27-23-28(22-26)37-36(24-27)44-35-25-29(40)17-18-32(35)39(37)42-20-12-6-4-2-3-5-11-19-41-38-30-13-7-9-15-33(30)43-34-16-10-8-14-31(34)38/h7,9,13,15,17-18,21,25,27-28H,2-6,8,10-12,14,16,19-20,22-24H2,1H3,(H,41,43)(H,42,44). The van der Waals surface area contributed by atoms with Crippen LogP contribution < -0.4 is 10.6 Å². The number of halogens is 1. The Kier molecular flexibility index (Phi) is 9.07. The fourth-order valence-electron chi connectivity index (χ4n) is 8.21. The summed E-state index contributed by atoms with van der Waals surface area (Å²) < 4.78 is 0. The number of nitrogens with zero attached hydrogens (tertiary/aromatic N) is 2. The predicted octanol–water partition coefficient (Wildman–Crippen LogP) is 10.6. The van der Waals surface area contributed by atoms with E-state index in [1.807, 2.05) is 12.1 Å². The first-order chi connectivity index (χ1) is 21.6. The highest BCUT2D eigenvalue weighted by atomic mass is 35.5. The zero-order valence-corrected chi connectivity index (χ0v) is 27.1. The Bertz CT molecular complexity index is 1670. The largest absolute Gasteiger partial charge is 0.384 e. The molecule has 2 atom stereocenters. The molecule has 0 saturated carbocycles. The highest BCUT2D eigenvalue weighted by Gasteiger charge is 2.33. The zero-order valence-electron chi connectivity index (χ0n) is 26.4. The number of aryl methyl sites for hydroxylation is 1. The van der Waals surface area contributed by atoms with Gasteiger partial charge in [-0.15, -0.1) is 0 Å². The topological polar surface area (TPSA) is 49.8 Å². The fourth-order valence-corrected chi connectivity index (χ4v) is 8.38. The van der Waals surface area contributed by atoms with Crippen LogP contribution in [0.25, 0.3) is 21.8 Å². The maximum atomic E-state index is 6.38. The van der Waals surface area contributed by atoms with Gasteiger partial charge in [0.05, 0.1) is 11.0 Å². The lowest BCUT2D eigenvalue weighted by atomic mass is 9.71. The van der Waals surface area contributed by atoms with Crippen LogP contribution in [0.4, 0.5) is 11.4 Å².